The zero-order valence-corrected chi connectivity index (χ0v) is 27.0. The first kappa shape index (κ1) is 31.9. The highest BCUT2D eigenvalue weighted by Crippen LogP contribution is 2.58. The molecule has 1 spiro atoms. The monoisotopic (exact) mass is 683 g/mol. The summed E-state index contributed by atoms with van der Waals surface area (Å²) in [5.74, 6) is -3.03. The van der Waals surface area contributed by atoms with Crippen molar-refractivity contribution in [1.29, 1.82) is 0 Å². The lowest BCUT2D eigenvalue weighted by Crippen LogP contribution is -2.58. The van der Waals surface area contributed by atoms with E-state index in [1.54, 1.807) is 4.90 Å². The van der Waals surface area contributed by atoms with Crippen molar-refractivity contribution < 1.29 is 33.8 Å². The number of aliphatic hydroxyl groups excluding tert-OH is 1. The molecule has 0 radical (unpaired) electrons. The molecule has 0 aromatic heterocycles. The standard InChI is InChI=1S/C34H42BrN3O7/c35-24-20-34-28-27(29(24)45-34)31(41)36-25(22-12-4-1-5-13-22)21-44-26(40)16-8-3-9-17-37(23-14-6-2-7-15-23)33(43)30(34)38(32(28)42)18-10-11-19-39/h1,3-5,9,12-13,20,23,25,27-30,39H,2,6-8,10-11,14-19,21H2,(H,36,41)/b9-3-/t25-,27-,28+,29-,30-,34+/m0/s1. The maximum absolute atomic E-state index is 14.8. The van der Waals surface area contributed by atoms with E-state index >= 15 is 0 Å². The molecule has 0 unspecified atom stereocenters. The highest BCUT2D eigenvalue weighted by atomic mass is 79.9. The molecule has 4 aliphatic heterocycles. The summed E-state index contributed by atoms with van der Waals surface area (Å²) in [6.45, 7) is 0.553. The molecule has 1 aromatic carbocycles. The topological polar surface area (TPSA) is 125 Å². The average molecular weight is 685 g/mol. The Hall–Kier alpha value is -3.02. The van der Waals surface area contributed by atoms with Gasteiger partial charge in [-0.25, -0.2) is 0 Å². The number of ether oxygens (including phenoxy) is 2. The third kappa shape index (κ3) is 6.11. The zero-order valence-electron chi connectivity index (χ0n) is 25.4. The molecular weight excluding hydrogens is 642 g/mol. The smallest absolute Gasteiger partial charge is 0.306 e. The van der Waals surface area contributed by atoms with Crippen molar-refractivity contribution in [3.05, 3.63) is 58.6 Å². The third-order valence-corrected chi connectivity index (χ3v) is 10.7. The molecule has 5 bridgehead atoms. The van der Waals surface area contributed by atoms with Crippen LogP contribution in [0.5, 0.6) is 0 Å². The van der Waals surface area contributed by atoms with Crippen LogP contribution in [-0.4, -0.2) is 88.7 Å². The minimum atomic E-state index is -1.31. The van der Waals surface area contributed by atoms with Gasteiger partial charge < -0.3 is 29.7 Å². The number of fused-ring (bicyclic) bond motifs is 2. The first-order valence-electron chi connectivity index (χ1n) is 16.3. The van der Waals surface area contributed by atoms with Gasteiger partial charge in [0.2, 0.25) is 17.7 Å². The number of esters is 1. The zero-order chi connectivity index (χ0) is 31.6. The van der Waals surface area contributed by atoms with E-state index in [2.05, 4.69) is 21.2 Å². The molecule has 2 N–H and O–H groups in total. The fraction of sp³-hybridized carbons (Fsp3) is 0.588. The summed E-state index contributed by atoms with van der Waals surface area (Å²) < 4.78 is 12.9. The summed E-state index contributed by atoms with van der Waals surface area (Å²) in [7, 11) is 0. The number of likely N-dealkylation sites (tertiary alicyclic amines) is 1. The van der Waals surface area contributed by atoms with E-state index in [0.717, 1.165) is 37.7 Å². The maximum Gasteiger partial charge on any atom is 0.306 e. The number of hydrogen-bond donors (Lipinski definition) is 2. The van der Waals surface area contributed by atoms with E-state index in [0.29, 0.717) is 30.3 Å². The Balaban J connectivity index is 1.41. The van der Waals surface area contributed by atoms with E-state index in [9.17, 15) is 24.3 Å². The largest absolute Gasteiger partial charge is 0.463 e. The number of benzene rings is 1. The number of unbranched alkanes of at least 4 members (excludes halogenated alkanes) is 1. The van der Waals surface area contributed by atoms with Crippen molar-refractivity contribution >= 4 is 39.6 Å². The second kappa shape index (κ2) is 13.8. The number of carbonyl (C=O) groups excluding carboxylic acids is 4. The molecule has 5 aliphatic rings. The summed E-state index contributed by atoms with van der Waals surface area (Å²) in [5, 5.41) is 12.6. The highest BCUT2D eigenvalue weighted by molar-refractivity contribution is 9.11. The molecule has 6 atom stereocenters. The van der Waals surface area contributed by atoms with E-state index < -0.39 is 41.5 Å². The molecular formula is C34H42BrN3O7. The van der Waals surface area contributed by atoms with Crippen LogP contribution in [0.1, 0.15) is 69.4 Å². The van der Waals surface area contributed by atoms with Crippen LogP contribution >= 0.6 is 15.9 Å². The summed E-state index contributed by atoms with van der Waals surface area (Å²) in [5.41, 5.74) is -0.539. The molecule has 1 aromatic rings. The van der Waals surface area contributed by atoms with Gasteiger partial charge in [-0.05, 0) is 43.7 Å². The van der Waals surface area contributed by atoms with Gasteiger partial charge in [0.1, 0.15) is 24.4 Å². The predicted molar refractivity (Wildman–Crippen MR) is 169 cm³/mol. The molecule has 11 heteroatoms. The van der Waals surface area contributed by atoms with Crippen LogP contribution < -0.4 is 5.32 Å². The Kier molecular flexibility index (Phi) is 9.77. The number of nitrogens with zero attached hydrogens (tertiary/aromatic N) is 2. The van der Waals surface area contributed by atoms with E-state index in [1.165, 1.54) is 0 Å². The number of allylic oxidation sites excluding steroid dienone is 1. The molecule has 1 aliphatic carbocycles. The number of carbonyl (C=O) groups is 4. The van der Waals surface area contributed by atoms with Crippen LogP contribution in [0.2, 0.25) is 0 Å². The van der Waals surface area contributed by atoms with Crippen molar-refractivity contribution in [2.75, 3.05) is 26.3 Å². The number of hydrogen-bond acceptors (Lipinski definition) is 7. The van der Waals surface area contributed by atoms with E-state index in [-0.39, 0.29) is 50.0 Å². The molecule has 10 nitrogen and oxygen atoms in total. The van der Waals surface area contributed by atoms with Gasteiger partial charge in [0.15, 0.2) is 0 Å². The SMILES string of the molecule is O=C1CC/C=C\CN(C2CCCCC2)C(=O)[C@@H]2N(CCCCO)C(=O)[C@H]3[C@H](C(=O)N[C@H](c4ccccc4)CO1)[C@H]1O[C@@]23C=C1Br. The minimum Gasteiger partial charge on any atom is -0.463 e. The second-order valence-corrected chi connectivity index (χ2v) is 13.7. The van der Waals surface area contributed by atoms with Gasteiger partial charge >= 0.3 is 5.97 Å². The first-order chi connectivity index (χ1) is 21.9. The molecule has 3 fully saturated rings. The second-order valence-electron chi connectivity index (χ2n) is 12.7. The lowest BCUT2D eigenvalue weighted by molar-refractivity contribution is -0.149. The van der Waals surface area contributed by atoms with Crippen molar-refractivity contribution in [2.45, 2.75) is 87.6 Å². The number of nitrogens with one attached hydrogen (secondary N) is 1. The van der Waals surface area contributed by atoms with Crippen molar-refractivity contribution in [2.24, 2.45) is 11.8 Å². The van der Waals surface area contributed by atoms with Crippen LogP contribution in [0.25, 0.3) is 0 Å². The summed E-state index contributed by atoms with van der Waals surface area (Å²) >= 11 is 3.63. The summed E-state index contributed by atoms with van der Waals surface area (Å²) in [6, 6.07) is 7.73. The van der Waals surface area contributed by atoms with Crippen molar-refractivity contribution in [3.63, 3.8) is 0 Å². The number of amides is 3. The van der Waals surface area contributed by atoms with Gasteiger partial charge in [0, 0.05) is 36.6 Å². The summed E-state index contributed by atoms with van der Waals surface area (Å²) in [4.78, 5) is 59.6. The maximum atomic E-state index is 14.8. The molecule has 2 saturated heterocycles. The van der Waals surface area contributed by atoms with Gasteiger partial charge in [-0.15, -0.1) is 0 Å². The number of rotatable bonds is 6. The van der Waals surface area contributed by atoms with Crippen LogP contribution in [0.3, 0.4) is 0 Å². The first-order valence-corrected chi connectivity index (χ1v) is 17.1. The lowest BCUT2D eigenvalue weighted by Gasteiger charge is -2.40. The molecule has 3 amide bonds. The van der Waals surface area contributed by atoms with Crippen LogP contribution in [0, 0.1) is 11.8 Å². The molecule has 4 heterocycles. The van der Waals surface area contributed by atoms with Gasteiger partial charge in [-0.2, -0.15) is 0 Å². The van der Waals surface area contributed by atoms with Gasteiger partial charge in [-0.1, -0.05) is 77.7 Å². The normalized spacial score (nSPS) is 33.6. The third-order valence-electron chi connectivity index (χ3n) is 9.98. The Morgan fingerprint density at radius 1 is 1.00 bits per heavy atom. The van der Waals surface area contributed by atoms with Crippen LogP contribution in [0.4, 0.5) is 0 Å². The number of halogens is 1. The Morgan fingerprint density at radius 2 is 1.78 bits per heavy atom. The number of aliphatic hydroxyl groups is 1. The Bertz CT molecular complexity index is 1350. The Labute approximate surface area is 272 Å². The Morgan fingerprint density at radius 3 is 2.53 bits per heavy atom. The molecule has 242 valence electrons. The quantitative estimate of drug-likeness (QED) is 0.267. The van der Waals surface area contributed by atoms with E-state index in [4.69, 9.17) is 9.47 Å². The fourth-order valence-electron chi connectivity index (χ4n) is 7.83. The van der Waals surface area contributed by atoms with Crippen molar-refractivity contribution in [3.8, 4) is 0 Å². The number of cyclic esters (lactones) is 1. The van der Waals surface area contributed by atoms with Gasteiger partial charge in [-0.3, -0.25) is 19.2 Å². The minimum absolute atomic E-state index is 0.0181. The van der Waals surface area contributed by atoms with E-state index in [1.807, 2.05) is 53.5 Å². The summed E-state index contributed by atoms with van der Waals surface area (Å²) in [6.07, 6.45) is 11.5. The van der Waals surface area contributed by atoms with Gasteiger partial charge in [0.25, 0.3) is 0 Å². The van der Waals surface area contributed by atoms with Gasteiger partial charge in [0.05, 0.1) is 17.9 Å². The fourth-order valence-corrected chi connectivity index (χ4v) is 8.56. The highest BCUT2D eigenvalue weighted by Gasteiger charge is 2.74. The predicted octanol–water partition coefficient (Wildman–Crippen LogP) is 3.54. The average Bonchev–Trinajstić information content (AvgIpc) is 3.64. The van der Waals surface area contributed by atoms with Crippen molar-refractivity contribution in [1.82, 2.24) is 15.1 Å². The van der Waals surface area contributed by atoms with Crippen LogP contribution in [0.15, 0.2) is 53.0 Å². The van der Waals surface area contributed by atoms with Crippen LogP contribution in [-0.2, 0) is 28.7 Å². The molecule has 45 heavy (non-hydrogen) atoms. The lowest BCUT2D eigenvalue weighted by atomic mass is 9.73. The molecule has 1 saturated carbocycles. The molecule has 6 rings (SSSR count).